The molecule has 0 spiro atoms. The lowest BCUT2D eigenvalue weighted by molar-refractivity contribution is -0.116. The Morgan fingerprint density at radius 1 is 1.41 bits per heavy atom. The average molecular weight is 257 g/mol. The smallest absolute Gasteiger partial charge is 0.241 e. The van der Waals surface area contributed by atoms with Crippen LogP contribution in [0, 0.1) is 6.92 Å². The summed E-state index contributed by atoms with van der Waals surface area (Å²) in [5.74, 6) is -0.735. The Labute approximate surface area is 100 Å². The van der Waals surface area contributed by atoms with E-state index in [1.807, 2.05) is 0 Å². The number of sulfonamides is 1. The second kappa shape index (κ2) is 5.26. The van der Waals surface area contributed by atoms with Crippen molar-refractivity contribution in [3.05, 3.63) is 29.3 Å². The number of aryl methyl sites for hydroxylation is 1. The van der Waals surface area contributed by atoms with Gasteiger partial charge in [-0.25, -0.2) is 13.1 Å². The van der Waals surface area contributed by atoms with Crippen molar-refractivity contribution in [2.45, 2.75) is 18.4 Å². The largest absolute Gasteiger partial charge is 0.369 e. The molecule has 0 aliphatic carbocycles. The molecule has 7 heteroatoms. The summed E-state index contributed by atoms with van der Waals surface area (Å²) < 4.78 is 25.9. The SMILES string of the molecule is Cc1ccc(CN)cc1S(=O)(=O)NCC(N)=O. The molecule has 0 saturated carbocycles. The molecule has 0 aromatic heterocycles. The number of nitrogens with two attached hydrogens (primary N) is 2. The van der Waals surface area contributed by atoms with Crippen molar-refractivity contribution in [3.8, 4) is 0 Å². The van der Waals surface area contributed by atoms with E-state index in [9.17, 15) is 13.2 Å². The number of carbonyl (C=O) groups is 1. The van der Waals surface area contributed by atoms with Crippen LogP contribution in [0.25, 0.3) is 0 Å². The standard InChI is InChI=1S/C10H15N3O3S/c1-7-2-3-8(5-11)4-9(7)17(15,16)13-6-10(12)14/h2-4,13H,5-6,11H2,1H3,(H2,12,14). The first-order valence-corrected chi connectivity index (χ1v) is 6.42. The molecule has 0 radical (unpaired) electrons. The van der Waals surface area contributed by atoms with Gasteiger partial charge in [-0.3, -0.25) is 4.79 Å². The maximum Gasteiger partial charge on any atom is 0.241 e. The molecule has 0 saturated heterocycles. The van der Waals surface area contributed by atoms with Crippen LogP contribution in [0.15, 0.2) is 23.1 Å². The summed E-state index contributed by atoms with van der Waals surface area (Å²) in [6, 6.07) is 4.90. The lowest BCUT2D eigenvalue weighted by Crippen LogP contribution is -2.33. The van der Waals surface area contributed by atoms with Gasteiger partial charge in [-0.2, -0.15) is 0 Å². The minimum atomic E-state index is -3.72. The Hall–Kier alpha value is -1.44. The van der Waals surface area contributed by atoms with Gasteiger partial charge < -0.3 is 11.5 Å². The zero-order valence-corrected chi connectivity index (χ0v) is 10.3. The quantitative estimate of drug-likeness (QED) is 0.641. The van der Waals surface area contributed by atoms with Gasteiger partial charge in [-0.1, -0.05) is 12.1 Å². The molecule has 0 heterocycles. The predicted molar refractivity (Wildman–Crippen MR) is 63.5 cm³/mol. The summed E-state index contributed by atoms with van der Waals surface area (Å²) in [6.07, 6.45) is 0. The predicted octanol–water partition coefficient (Wildman–Crippen LogP) is -0.783. The van der Waals surface area contributed by atoms with E-state index in [0.717, 1.165) is 0 Å². The van der Waals surface area contributed by atoms with Crippen LogP contribution in [-0.2, 0) is 21.4 Å². The molecular weight excluding hydrogens is 242 g/mol. The van der Waals surface area contributed by atoms with E-state index in [4.69, 9.17) is 11.5 Å². The van der Waals surface area contributed by atoms with Crippen LogP contribution in [-0.4, -0.2) is 20.9 Å². The summed E-state index contributed by atoms with van der Waals surface area (Å²) in [6.45, 7) is 1.49. The van der Waals surface area contributed by atoms with E-state index in [1.165, 1.54) is 6.07 Å². The van der Waals surface area contributed by atoms with Gasteiger partial charge >= 0.3 is 0 Å². The maximum atomic E-state index is 11.9. The van der Waals surface area contributed by atoms with Crippen LogP contribution in [0.4, 0.5) is 0 Å². The Morgan fingerprint density at radius 2 is 2.06 bits per heavy atom. The second-order valence-electron chi connectivity index (χ2n) is 3.59. The monoisotopic (exact) mass is 257 g/mol. The number of hydrogen-bond acceptors (Lipinski definition) is 4. The minimum Gasteiger partial charge on any atom is -0.369 e. The third-order valence-corrected chi connectivity index (χ3v) is 3.76. The van der Waals surface area contributed by atoms with Crippen LogP contribution in [0.2, 0.25) is 0 Å². The Morgan fingerprint density at radius 3 is 2.59 bits per heavy atom. The maximum absolute atomic E-state index is 11.9. The van der Waals surface area contributed by atoms with Gasteiger partial charge in [0.15, 0.2) is 0 Å². The number of primary amides is 1. The van der Waals surface area contributed by atoms with E-state index in [-0.39, 0.29) is 11.4 Å². The molecule has 5 N–H and O–H groups in total. The first-order valence-electron chi connectivity index (χ1n) is 4.94. The normalized spacial score (nSPS) is 11.4. The number of benzene rings is 1. The molecule has 1 amide bonds. The molecule has 0 aliphatic rings. The number of amides is 1. The second-order valence-corrected chi connectivity index (χ2v) is 5.33. The fraction of sp³-hybridized carbons (Fsp3) is 0.300. The first kappa shape index (κ1) is 13.6. The van der Waals surface area contributed by atoms with Crippen LogP contribution < -0.4 is 16.2 Å². The molecule has 1 aromatic carbocycles. The van der Waals surface area contributed by atoms with Gasteiger partial charge in [0.05, 0.1) is 11.4 Å². The van der Waals surface area contributed by atoms with Gasteiger partial charge in [0.25, 0.3) is 0 Å². The zero-order valence-electron chi connectivity index (χ0n) is 9.43. The molecule has 0 aliphatic heterocycles. The Kier molecular flexibility index (Phi) is 4.22. The molecule has 94 valence electrons. The van der Waals surface area contributed by atoms with Crippen LogP contribution in [0.3, 0.4) is 0 Å². The van der Waals surface area contributed by atoms with Crippen LogP contribution in [0.5, 0.6) is 0 Å². The number of carbonyl (C=O) groups excluding carboxylic acids is 1. The zero-order chi connectivity index (χ0) is 13.1. The van der Waals surface area contributed by atoms with Crippen molar-refractivity contribution in [3.63, 3.8) is 0 Å². The van der Waals surface area contributed by atoms with E-state index >= 15 is 0 Å². The van der Waals surface area contributed by atoms with E-state index < -0.39 is 22.5 Å². The van der Waals surface area contributed by atoms with E-state index in [0.29, 0.717) is 11.1 Å². The van der Waals surface area contributed by atoms with Gasteiger partial charge in [0.2, 0.25) is 15.9 Å². The molecule has 0 atom stereocenters. The summed E-state index contributed by atoms with van der Waals surface area (Å²) in [4.78, 5) is 10.7. The highest BCUT2D eigenvalue weighted by Crippen LogP contribution is 2.16. The fourth-order valence-electron chi connectivity index (χ4n) is 1.30. The number of hydrogen-bond donors (Lipinski definition) is 3. The first-order chi connectivity index (χ1) is 7.86. The van der Waals surface area contributed by atoms with Crippen molar-refractivity contribution in [1.82, 2.24) is 4.72 Å². The van der Waals surface area contributed by atoms with Gasteiger partial charge in [-0.15, -0.1) is 0 Å². The van der Waals surface area contributed by atoms with E-state index in [2.05, 4.69) is 4.72 Å². The molecule has 1 rings (SSSR count). The Bertz CT molecular complexity index is 526. The lowest BCUT2D eigenvalue weighted by atomic mass is 10.1. The lowest BCUT2D eigenvalue weighted by Gasteiger charge is -2.09. The number of nitrogens with one attached hydrogen (secondary N) is 1. The summed E-state index contributed by atoms with van der Waals surface area (Å²) in [5, 5.41) is 0. The molecule has 17 heavy (non-hydrogen) atoms. The molecular formula is C10H15N3O3S. The summed E-state index contributed by atoms with van der Waals surface area (Å²) >= 11 is 0. The molecule has 0 bridgehead atoms. The summed E-state index contributed by atoms with van der Waals surface area (Å²) in [7, 11) is -3.72. The number of rotatable bonds is 5. The molecule has 0 unspecified atom stereocenters. The van der Waals surface area contributed by atoms with Gasteiger partial charge in [0, 0.05) is 6.54 Å². The average Bonchev–Trinajstić information content (AvgIpc) is 2.27. The van der Waals surface area contributed by atoms with Crippen molar-refractivity contribution in [2.24, 2.45) is 11.5 Å². The fourth-order valence-corrected chi connectivity index (χ4v) is 2.59. The third-order valence-electron chi connectivity index (χ3n) is 2.21. The molecule has 1 aromatic rings. The van der Waals surface area contributed by atoms with Crippen LogP contribution >= 0.6 is 0 Å². The van der Waals surface area contributed by atoms with Crippen molar-refractivity contribution in [2.75, 3.05) is 6.54 Å². The Balaban J connectivity index is 3.09. The minimum absolute atomic E-state index is 0.113. The highest BCUT2D eigenvalue weighted by Gasteiger charge is 2.17. The van der Waals surface area contributed by atoms with Crippen molar-refractivity contribution < 1.29 is 13.2 Å². The molecule has 0 fully saturated rings. The third kappa shape index (κ3) is 3.52. The molecule has 6 nitrogen and oxygen atoms in total. The van der Waals surface area contributed by atoms with Gasteiger partial charge in [0.1, 0.15) is 0 Å². The van der Waals surface area contributed by atoms with Crippen molar-refractivity contribution in [1.29, 1.82) is 0 Å². The highest BCUT2D eigenvalue weighted by molar-refractivity contribution is 7.89. The van der Waals surface area contributed by atoms with Crippen molar-refractivity contribution >= 4 is 15.9 Å². The van der Waals surface area contributed by atoms with Crippen LogP contribution in [0.1, 0.15) is 11.1 Å². The van der Waals surface area contributed by atoms with E-state index in [1.54, 1.807) is 19.1 Å². The highest BCUT2D eigenvalue weighted by atomic mass is 32.2. The van der Waals surface area contributed by atoms with Gasteiger partial charge in [-0.05, 0) is 24.1 Å². The topological polar surface area (TPSA) is 115 Å². The summed E-state index contributed by atoms with van der Waals surface area (Å²) in [5.41, 5.74) is 11.6.